The third-order valence-corrected chi connectivity index (χ3v) is 5.75. The number of methoxy groups -OCH3 is 1. The standard InChI is InChI=1S/C21H24N4O5S/c1-14-7-9-25(10-8-14)18(26)13-30-16-6-4-3-5-15(16)12-22-24-21-23-20(28)17(31-21)11-19(27)29-2/h3-6,11-12,14H,7-10,13H2,1-2H3,(H,23,24,28)/b17-11+,22-12?. The molecule has 10 heteroatoms. The number of likely N-dealkylation sites (tertiary alicyclic amines) is 1. The molecule has 2 amide bonds. The van der Waals surface area contributed by atoms with Crippen LogP contribution in [0.4, 0.5) is 0 Å². The quantitative estimate of drug-likeness (QED) is 0.311. The van der Waals surface area contributed by atoms with Crippen LogP contribution >= 0.6 is 11.8 Å². The van der Waals surface area contributed by atoms with Crippen molar-refractivity contribution in [2.45, 2.75) is 19.8 Å². The van der Waals surface area contributed by atoms with E-state index < -0.39 is 11.9 Å². The zero-order valence-corrected chi connectivity index (χ0v) is 18.2. The fourth-order valence-corrected chi connectivity index (χ4v) is 3.73. The molecule has 2 aliphatic rings. The third-order valence-electron chi connectivity index (χ3n) is 4.85. The van der Waals surface area contributed by atoms with Gasteiger partial charge in [0.15, 0.2) is 11.8 Å². The summed E-state index contributed by atoms with van der Waals surface area (Å²) in [6.07, 6.45) is 4.60. The number of ether oxygens (including phenoxy) is 2. The molecule has 164 valence electrons. The summed E-state index contributed by atoms with van der Waals surface area (Å²) in [7, 11) is 1.23. The van der Waals surface area contributed by atoms with Gasteiger partial charge in [-0.1, -0.05) is 19.1 Å². The number of esters is 1. The van der Waals surface area contributed by atoms with Crippen molar-refractivity contribution in [1.82, 2.24) is 10.2 Å². The summed E-state index contributed by atoms with van der Waals surface area (Å²) in [5, 5.41) is 10.7. The molecule has 2 fully saturated rings. The predicted octanol–water partition coefficient (Wildman–Crippen LogP) is 1.93. The molecule has 1 aromatic carbocycles. The number of nitrogens with zero attached hydrogens (tertiary/aromatic N) is 3. The summed E-state index contributed by atoms with van der Waals surface area (Å²) in [5.41, 5.74) is 0.645. The second kappa shape index (κ2) is 10.8. The Labute approximate surface area is 184 Å². The van der Waals surface area contributed by atoms with Crippen molar-refractivity contribution in [2.75, 3.05) is 26.8 Å². The fraction of sp³-hybridized carbons (Fsp3) is 0.381. The van der Waals surface area contributed by atoms with Gasteiger partial charge in [0.2, 0.25) is 0 Å². The lowest BCUT2D eigenvalue weighted by Gasteiger charge is -2.30. The SMILES string of the molecule is COC(=O)/C=C1/S/C(=N\N=Cc2ccccc2OCC(=O)N2CCC(C)CC2)NC1=O. The molecule has 2 heterocycles. The van der Waals surface area contributed by atoms with Crippen LogP contribution in [-0.2, 0) is 19.1 Å². The van der Waals surface area contributed by atoms with Gasteiger partial charge in [0.05, 0.1) is 18.2 Å². The van der Waals surface area contributed by atoms with Gasteiger partial charge in [-0.2, -0.15) is 5.10 Å². The second-order valence-corrected chi connectivity index (χ2v) is 8.16. The van der Waals surface area contributed by atoms with Crippen molar-refractivity contribution in [2.24, 2.45) is 16.1 Å². The predicted molar refractivity (Wildman–Crippen MR) is 118 cm³/mol. The van der Waals surface area contributed by atoms with Crippen LogP contribution in [0.2, 0.25) is 0 Å². The molecule has 2 saturated heterocycles. The first-order valence-corrected chi connectivity index (χ1v) is 10.7. The second-order valence-electron chi connectivity index (χ2n) is 7.13. The highest BCUT2D eigenvalue weighted by Crippen LogP contribution is 2.23. The van der Waals surface area contributed by atoms with Gasteiger partial charge >= 0.3 is 5.97 Å². The molecule has 1 N–H and O–H groups in total. The number of amidine groups is 1. The molecule has 0 radical (unpaired) electrons. The number of para-hydroxylation sites is 1. The minimum atomic E-state index is -0.623. The van der Waals surface area contributed by atoms with Crippen LogP contribution in [-0.4, -0.2) is 60.9 Å². The Kier molecular flexibility index (Phi) is 7.82. The number of hydrogen-bond acceptors (Lipinski definition) is 8. The molecule has 0 aromatic heterocycles. The maximum Gasteiger partial charge on any atom is 0.331 e. The minimum Gasteiger partial charge on any atom is -0.483 e. The first kappa shape index (κ1) is 22.5. The first-order valence-electron chi connectivity index (χ1n) is 9.85. The highest BCUT2D eigenvalue weighted by Gasteiger charge is 2.25. The number of amides is 2. The van der Waals surface area contributed by atoms with Crippen molar-refractivity contribution < 1.29 is 23.9 Å². The van der Waals surface area contributed by atoms with Crippen molar-refractivity contribution >= 4 is 40.9 Å². The van der Waals surface area contributed by atoms with Gasteiger partial charge in [-0.25, -0.2) is 4.79 Å². The van der Waals surface area contributed by atoms with E-state index in [4.69, 9.17) is 4.74 Å². The molecule has 2 aliphatic heterocycles. The minimum absolute atomic E-state index is 0.0334. The molecular formula is C21H24N4O5S. The summed E-state index contributed by atoms with van der Waals surface area (Å²) < 4.78 is 10.2. The Hall–Kier alpha value is -3.14. The first-order chi connectivity index (χ1) is 15.0. The van der Waals surface area contributed by atoms with E-state index in [-0.39, 0.29) is 22.6 Å². The monoisotopic (exact) mass is 444 g/mol. The maximum absolute atomic E-state index is 12.4. The maximum atomic E-state index is 12.4. The number of hydrogen-bond donors (Lipinski definition) is 1. The van der Waals surface area contributed by atoms with Crippen LogP contribution in [0.1, 0.15) is 25.3 Å². The normalized spacial score (nSPS) is 19.8. The molecule has 0 atom stereocenters. The summed E-state index contributed by atoms with van der Waals surface area (Å²) in [5.74, 6) is 0.0626. The van der Waals surface area contributed by atoms with Crippen LogP contribution in [0.5, 0.6) is 5.75 Å². The average Bonchev–Trinajstić information content (AvgIpc) is 3.12. The van der Waals surface area contributed by atoms with E-state index in [1.165, 1.54) is 13.3 Å². The molecule has 1 aromatic rings. The lowest BCUT2D eigenvalue weighted by molar-refractivity contribution is -0.135. The molecule has 0 saturated carbocycles. The van der Waals surface area contributed by atoms with Crippen LogP contribution in [0, 0.1) is 5.92 Å². The largest absolute Gasteiger partial charge is 0.483 e. The number of thioether (sulfide) groups is 1. The van der Waals surface area contributed by atoms with Crippen molar-refractivity contribution in [3.63, 3.8) is 0 Å². The van der Waals surface area contributed by atoms with Crippen molar-refractivity contribution in [3.8, 4) is 5.75 Å². The van der Waals surface area contributed by atoms with Gasteiger partial charge < -0.3 is 14.4 Å². The third kappa shape index (κ3) is 6.42. The fourth-order valence-electron chi connectivity index (χ4n) is 2.99. The lowest BCUT2D eigenvalue weighted by Crippen LogP contribution is -2.40. The van der Waals surface area contributed by atoms with Crippen LogP contribution in [0.3, 0.4) is 0 Å². The van der Waals surface area contributed by atoms with Gasteiger partial charge in [0.1, 0.15) is 5.75 Å². The topological polar surface area (TPSA) is 110 Å². The van der Waals surface area contributed by atoms with E-state index in [0.29, 0.717) is 17.2 Å². The van der Waals surface area contributed by atoms with Crippen molar-refractivity contribution in [3.05, 3.63) is 40.8 Å². The Morgan fingerprint density at radius 2 is 2.03 bits per heavy atom. The lowest BCUT2D eigenvalue weighted by atomic mass is 9.99. The molecule has 0 spiro atoms. The molecule has 9 nitrogen and oxygen atoms in total. The van der Waals surface area contributed by atoms with Crippen molar-refractivity contribution in [1.29, 1.82) is 0 Å². The highest BCUT2D eigenvalue weighted by atomic mass is 32.2. The molecule has 0 unspecified atom stereocenters. The average molecular weight is 445 g/mol. The number of nitrogens with one attached hydrogen (secondary N) is 1. The van der Waals surface area contributed by atoms with Gasteiger partial charge in [0, 0.05) is 24.7 Å². The van der Waals surface area contributed by atoms with Crippen LogP contribution in [0.15, 0.2) is 45.4 Å². The number of carbonyl (C=O) groups is 3. The Balaban J connectivity index is 1.59. The summed E-state index contributed by atoms with van der Waals surface area (Å²) in [4.78, 5) is 37.5. The zero-order chi connectivity index (χ0) is 22.2. The molecule has 3 rings (SSSR count). The number of piperidine rings is 1. The Bertz CT molecular complexity index is 935. The van der Waals surface area contributed by atoms with Crippen LogP contribution < -0.4 is 10.1 Å². The summed E-state index contributed by atoms with van der Waals surface area (Å²) in [6.45, 7) is 3.68. The van der Waals surface area contributed by atoms with Gasteiger partial charge in [-0.3, -0.25) is 14.9 Å². The van der Waals surface area contributed by atoms with E-state index in [2.05, 4.69) is 27.2 Å². The molecule has 0 aliphatic carbocycles. The van der Waals surface area contributed by atoms with Gasteiger partial charge in [-0.15, -0.1) is 5.10 Å². The van der Waals surface area contributed by atoms with Gasteiger partial charge in [0.25, 0.3) is 11.8 Å². The van der Waals surface area contributed by atoms with Gasteiger partial charge in [-0.05, 0) is 42.7 Å². The summed E-state index contributed by atoms with van der Waals surface area (Å²) in [6, 6.07) is 7.17. The highest BCUT2D eigenvalue weighted by molar-refractivity contribution is 8.18. The number of rotatable bonds is 6. The molecule has 31 heavy (non-hydrogen) atoms. The smallest absolute Gasteiger partial charge is 0.331 e. The summed E-state index contributed by atoms with van der Waals surface area (Å²) >= 11 is 0.986. The van der Waals surface area contributed by atoms with E-state index in [1.807, 2.05) is 17.0 Å². The Morgan fingerprint density at radius 1 is 1.29 bits per heavy atom. The number of carbonyl (C=O) groups excluding carboxylic acids is 3. The number of benzene rings is 1. The Morgan fingerprint density at radius 3 is 2.77 bits per heavy atom. The van der Waals surface area contributed by atoms with E-state index in [1.54, 1.807) is 12.1 Å². The van der Waals surface area contributed by atoms with E-state index >= 15 is 0 Å². The van der Waals surface area contributed by atoms with E-state index in [0.717, 1.165) is 43.8 Å². The van der Waals surface area contributed by atoms with Crippen LogP contribution in [0.25, 0.3) is 0 Å². The zero-order valence-electron chi connectivity index (χ0n) is 17.4. The molecule has 0 bridgehead atoms. The van der Waals surface area contributed by atoms with E-state index in [9.17, 15) is 14.4 Å². The molecular weight excluding hydrogens is 420 g/mol.